The highest BCUT2D eigenvalue weighted by molar-refractivity contribution is 4.86. The third-order valence-electron chi connectivity index (χ3n) is 1.48. The lowest BCUT2D eigenvalue weighted by Crippen LogP contribution is -2.30. The van der Waals surface area contributed by atoms with E-state index in [0.717, 1.165) is 18.8 Å². The number of ether oxygens (including phenoxy) is 1. The molecule has 0 saturated heterocycles. The van der Waals surface area contributed by atoms with Crippen LogP contribution in [0.4, 0.5) is 0 Å². The van der Waals surface area contributed by atoms with Crippen molar-refractivity contribution in [3.05, 3.63) is 12.3 Å². The Hall–Kier alpha value is -0.500. The summed E-state index contributed by atoms with van der Waals surface area (Å²) in [5.74, 6) is 0.821. The second kappa shape index (κ2) is 4.51. The molecule has 0 heterocycles. The van der Waals surface area contributed by atoms with Gasteiger partial charge in [0.1, 0.15) is 5.76 Å². The van der Waals surface area contributed by atoms with Gasteiger partial charge in [0.05, 0.1) is 13.7 Å². The van der Waals surface area contributed by atoms with E-state index in [1.807, 2.05) is 0 Å². The van der Waals surface area contributed by atoms with E-state index in [1.54, 1.807) is 7.11 Å². The van der Waals surface area contributed by atoms with Crippen LogP contribution in [0.25, 0.3) is 0 Å². The molecule has 0 aliphatic rings. The van der Waals surface area contributed by atoms with E-state index in [0.29, 0.717) is 5.41 Å². The standard InChI is InChI=1S/C10H21NO/c1-9(12-6)7-11(5)8-10(2,3)4/h1,7-8H2,2-6H3. The van der Waals surface area contributed by atoms with Crippen LogP contribution in [0.1, 0.15) is 20.8 Å². The van der Waals surface area contributed by atoms with E-state index in [9.17, 15) is 0 Å². The van der Waals surface area contributed by atoms with Gasteiger partial charge in [-0.05, 0) is 12.5 Å². The highest BCUT2D eigenvalue weighted by Gasteiger charge is 2.13. The van der Waals surface area contributed by atoms with Gasteiger partial charge in [-0.15, -0.1) is 0 Å². The Bertz CT molecular complexity index is 146. The summed E-state index contributed by atoms with van der Waals surface area (Å²) in [7, 11) is 3.74. The van der Waals surface area contributed by atoms with E-state index in [4.69, 9.17) is 4.74 Å². The Kier molecular flexibility index (Phi) is 4.32. The van der Waals surface area contributed by atoms with Gasteiger partial charge in [-0.2, -0.15) is 0 Å². The zero-order valence-electron chi connectivity index (χ0n) is 8.98. The molecule has 0 fully saturated rings. The topological polar surface area (TPSA) is 12.5 Å². The van der Waals surface area contributed by atoms with Gasteiger partial charge in [-0.25, -0.2) is 0 Å². The Morgan fingerprint density at radius 1 is 1.42 bits per heavy atom. The number of hydrogen-bond donors (Lipinski definition) is 0. The van der Waals surface area contributed by atoms with Crippen molar-refractivity contribution in [2.45, 2.75) is 20.8 Å². The molecule has 0 aliphatic carbocycles. The first-order valence-electron chi connectivity index (χ1n) is 4.25. The average molecular weight is 171 g/mol. The summed E-state index contributed by atoms with van der Waals surface area (Å²) in [6.45, 7) is 12.3. The molecule has 0 aromatic heterocycles. The lowest BCUT2D eigenvalue weighted by atomic mass is 9.96. The van der Waals surface area contributed by atoms with Crippen LogP contribution in [-0.2, 0) is 4.74 Å². The number of hydrogen-bond acceptors (Lipinski definition) is 2. The third kappa shape index (κ3) is 6.23. The van der Waals surface area contributed by atoms with Crippen LogP contribution in [-0.4, -0.2) is 32.1 Å². The predicted molar refractivity (Wildman–Crippen MR) is 53.1 cm³/mol. The van der Waals surface area contributed by atoms with E-state index in [2.05, 4.69) is 39.3 Å². The van der Waals surface area contributed by atoms with Crippen molar-refractivity contribution in [1.82, 2.24) is 4.90 Å². The molecule has 12 heavy (non-hydrogen) atoms. The van der Waals surface area contributed by atoms with Gasteiger partial charge in [0.25, 0.3) is 0 Å². The van der Waals surface area contributed by atoms with E-state index >= 15 is 0 Å². The van der Waals surface area contributed by atoms with Crippen LogP contribution in [0.2, 0.25) is 0 Å². The Labute approximate surface area is 76.2 Å². The molecule has 0 bridgehead atoms. The molecule has 0 aromatic rings. The molecular formula is C10H21NO. The van der Waals surface area contributed by atoms with Gasteiger partial charge in [0.15, 0.2) is 0 Å². The van der Waals surface area contributed by atoms with E-state index < -0.39 is 0 Å². The van der Waals surface area contributed by atoms with Crippen LogP contribution in [0.15, 0.2) is 12.3 Å². The maximum atomic E-state index is 5.00. The molecular weight excluding hydrogens is 150 g/mol. The van der Waals surface area contributed by atoms with Gasteiger partial charge < -0.3 is 4.74 Å². The first kappa shape index (κ1) is 11.5. The number of methoxy groups -OCH3 is 1. The van der Waals surface area contributed by atoms with Crippen LogP contribution in [0, 0.1) is 5.41 Å². The molecule has 2 heteroatoms. The van der Waals surface area contributed by atoms with Gasteiger partial charge >= 0.3 is 0 Å². The Balaban J connectivity index is 3.74. The fourth-order valence-electron chi connectivity index (χ4n) is 1.23. The van der Waals surface area contributed by atoms with Crippen LogP contribution < -0.4 is 0 Å². The average Bonchev–Trinajstić information content (AvgIpc) is 1.82. The number of nitrogens with zero attached hydrogens (tertiary/aromatic N) is 1. The molecule has 0 spiro atoms. The van der Waals surface area contributed by atoms with Gasteiger partial charge in [0, 0.05) is 6.54 Å². The maximum Gasteiger partial charge on any atom is 0.102 e. The normalized spacial score (nSPS) is 11.8. The molecule has 0 radical (unpaired) electrons. The van der Waals surface area contributed by atoms with Crippen LogP contribution in [0.5, 0.6) is 0 Å². The minimum atomic E-state index is 0.336. The smallest absolute Gasteiger partial charge is 0.102 e. The maximum absolute atomic E-state index is 5.00. The lowest BCUT2D eigenvalue weighted by Gasteiger charge is -2.26. The van der Waals surface area contributed by atoms with Crippen molar-refractivity contribution in [3.8, 4) is 0 Å². The second-order valence-electron chi connectivity index (χ2n) is 4.48. The van der Waals surface area contributed by atoms with Gasteiger partial charge in [-0.3, -0.25) is 4.90 Å². The zero-order chi connectivity index (χ0) is 9.78. The zero-order valence-corrected chi connectivity index (χ0v) is 8.98. The molecule has 0 amide bonds. The molecule has 0 aromatic carbocycles. The summed E-state index contributed by atoms with van der Waals surface area (Å²) in [4.78, 5) is 2.21. The first-order valence-corrected chi connectivity index (χ1v) is 4.25. The van der Waals surface area contributed by atoms with Crippen molar-refractivity contribution < 1.29 is 4.74 Å². The Morgan fingerprint density at radius 3 is 2.25 bits per heavy atom. The minimum absolute atomic E-state index is 0.336. The highest BCUT2D eigenvalue weighted by atomic mass is 16.5. The van der Waals surface area contributed by atoms with Crippen molar-refractivity contribution in [3.63, 3.8) is 0 Å². The monoisotopic (exact) mass is 171 g/mol. The van der Waals surface area contributed by atoms with E-state index in [-0.39, 0.29) is 0 Å². The third-order valence-corrected chi connectivity index (χ3v) is 1.48. The molecule has 0 saturated carbocycles. The summed E-state index contributed by atoms with van der Waals surface area (Å²) < 4.78 is 5.00. The largest absolute Gasteiger partial charge is 0.500 e. The summed E-state index contributed by atoms with van der Waals surface area (Å²) in [6.07, 6.45) is 0. The van der Waals surface area contributed by atoms with Gasteiger partial charge in [0.2, 0.25) is 0 Å². The summed E-state index contributed by atoms with van der Waals surface area (Å²) in [5, 5.41) is 0. The summed E-state index contributed by atoms with van der Waals surface area (Å²) in [5.41, 5.74) is 0.336. The summed E-state index contributed by atoms with van der Waals surface area (Å²) >= 11 is 0. The Morgan fingerprint density at radius 2 is 1.92 bits per heavy atom. The summed E-state index contributed by atoms with van der Waals surface area (Å²) in [6, 6.07) is 0. The number of rotatable bonds is 4. The number of likely N-dealkylation sites (N-methyl/N-ethyl adjacent to an activating group) is 1. The van der Waals surface area contributed by atoms with Crippen LogP contribution in [0.3, 0.4) is 0 Å². The quantitative estimate of drug-likeness (QED) is 0.601. The lowest BCUT2D eigenvalue weighted by molar-refractivity contribution is 0.195. The molecule has 0 rings (SSSR count). The minimum Gasteiger partial charge on any atom is -0.500 e. The van der Waals surface area contributed by atoms with Crippen molar-refractivity contribution >= 4 is 0 Å². The van der Waals surface area contributed by atoms with E-state index in [1.165, 1.54) is 0 Å². The molecule has 72 valence electrons. The predicted octanol–water partition coefficient (Wildman–Crippen LogP) is 2.12. The highest BCUT2D eigenvalue weighted by Crippen LogP contribution is 2.14. The van der Waals surface area contributed by atoms with Crippen molar-refractivity contribution in [2.75, 3.05) is 27.2 Å². The first-order chi connectivity index (χ1) is 5.35. The van der Waals surface area contributed by atoms with Gasteiger partial charge in [-0.1, -0.05) is 27.4 Å². The molecule has 0 N–H and O–H groups in total. The molecule has 0 unspecified atom stereocenters. The fraction of sp³-hybridized carbons (Fsp3) is 0.800. The van der Waals surface area contributed by atoms with Crippen molar-refractivity contribution in [1.29, 1.82) is 0 Å². The fourth-order valence-corrected chi connectivity index (χ4v) is 1.23. The molecule has 2 nitrogen and oxygen atoms in total. The molecule has 0 atom stereocenters. The molecule has 0 aliphatic heterocycles. The van der Waals surface area contributed by atoms with Crippen molar-refractivity contribution in [2.24, 2.45) is 5.41 Å². The SMILES string of the molecule is C=C(CN(C)CC(C)(C)C)OC. The second-order valence-corrected chi connectivity index (χ2v) is 4.48. The van der Waals surface area contributed by atoms with Crippen LogP contribution >= 0.6 is 0 Å².